The summed E-state index contributed by atoms with van der Waals surface area (Å²) in [5, 5.41) is 11.6. The van der Waals surface area contributed by atoms with E-state index >= 15 is 0 Å². The van der Waals surface area contributed by atoms with Crippen LogP contribution in [0, 0.1) is 6.92 Å². The molecule has 0 saturated carbocycles. The van der Waals surface area contributed by atoms with Gasteiger partial charge in [0.25, 0.3) is 0 Å². The highest BCUT2D eigenvalue weighted by molar-refractivity contribution is 7.99. The number of hydrogen-bond donors (Lipinski definition) is 2. The zero-order valence-corrected chi connectivity index (χ0v) is 13.0. The Morgan fingerprint density at radius 1 is 1.15 bits per heavy atom. The van der Waals surface area contributed by atoms with Crippen LogP contribution in [-0.4, -0.2) is 29.9 Å². The Bertz CT molecular complexity index is 379. The Labute approximate surface area is 126 Å². The highest BCUT2D eigenvalue weighted by atomic mass is 32.2. The average molecular weight is 295 g/mol. The number of benzene rings is 1. The van der Waals surface area contributed by atoms with Crippen molar-refractivity contribution in [1.82, 2.24) is 5.32 Å². The van der Waals surface area contributed by atoms with Gasteiger partial charge in [-0.3, -0.25) is 4.79 Å². The summed E-state index contributed by atoms with van der Waals surface area (Å²) in [5.41, 5.74) is 1.26. The number of aliphatic hydroxyl groups excluding tert-OH is 1. The third kappa shape index (κ3) is 8.23. The first-order valence-corrected chi connectivity index (χ1v) is 8.28. The number of aliphatic hydroxyl groups is 1. The first-order valence-electron chi connectivity index (χ1n) is 7.29. The molecule has 0 saturated heterocycles. The molecule has 1 rings (SSSR count). The van der Waals surface area contributed by atoms with Crippen LogP contribution in [0.4, 0.5) is 0 Å². The number of amides is 1. The monoisotopic (exact) mass is 295 g/mol. The van der Waals surface area contributed by atoms with Crippen molar-refractivity contribution in [2.45, 2.75) is 43.9 Å². The second kappa shape index (κ2) is 10.7. The van der Waals surface area contributed by atoms with Gasteiger partial charge in [0.2, 0.25) is 5.91 Å². The van der Waals surface area contributed by atoms with Crippen molar-refractivity contribution < 1.29 is 9.90 Å². The molecule has 0 aliphatic heterocycles. The summed E-state index contributed by atoms with van der Waals surface area (Å²) in [7, 11) is 0. The van der Waals surface area contributed by atoms with Gasteiger partial charge in [0.15, 0.2) is 0 Å². The summed E-state index contributed by atoms with van der Waals surface area (Å²) in [6, 6.07) is 8.38. The van der Waals surface area contributed by atoms with E-state index in [1.807, 2.05) is 0 Å². The Kier molecular flexibility index (Phi) is 9.16. The Hall–Kier alpha value is -1.00. The summed E-state index contributed by atoms with van der Waals surface area (Å²) in [6.45, 7) is 3.09. The second-order valence-corrected chi connectivity index (χ2v) is 6.07. The van der Waals surface area contributed by atoms with Gasteiger partial charge >= 0.3 is 0 Å². The molecule has 0 unspecified atom stereocenters. The molecule has 112 valence electrons. The smallest absolute Gasteiger partial charge is 0.220 e. The van der Waals surface area contributed by atoms with E-state index in [1.165, 1.54) is 10.5 Å². The largest absolute Gasteiger partial charge is 0.396 e. The van der Waals surface area contributed by atoms with Crippen molar-refractivity contribution in [2.24, 2.45) is 0 Å². The van der Waals surface area contributed by atoms with E-state index in [1.54, 1.807) is 11.8 Å². The molecule has 20 heavy (non-hydrogen) atoms. The van der Waals surface area contributed by atoms with Gasteiger partial charge in [0, 0.05) is 30.2 Å². The third-order valence-electron chi connectivity index (χ3n) is 3.03. The molecule has 0 bridgehead atoms. The van der Waals surface area contributed by atoms with Crippen LogP contribution in [0.2, 0.25) is 0 Å². The topological polar surface area (TPSA) is 49.3 Å². The summed E-state index contributed by atoms with van der Waals surface area (Å²) in [5.74, 6) is 0.950. The summed E-state index contributed by atoms with van der Waals surface area (Å²) >= 11 is 1.72. The lowest BCUT2D eigenvalue weighted by molar-refractivity contribution is -0.120. The average Bonchev–Trinajstić information content (AvgIpc) is 2.45. The number of carbonyl (C=O) groups is 1. The predicted molar refractivity (Wildman–Crippen MR) is 85.1 cm³/mol. The highest BCUT2D eigenvalue weighted by Crippen LogP contribution is 2.18. The third-order valence-corrected chi connectivity index (χ3v) is 4.04. The molecule has 1 aromatic carbocycles. The van der Waals surface area contributed by atoms with Gasteiger partial charge in [0.1, 0.15) is 0 Å². The summed E-state index contributed by atoms with van der Waals surface area (Å²) in [4.78, 5) is 12.8. The SMILES string of the molecule is Cc1ccc(SCCC(=O)NCCCCCCO)cc1. The first kappa shape index (κ1) is 17.1. The van der Waals surface area contributed by atoms with Gasteiger partial charge in [-0.1, -0.05) is 30.5 Å². The lowest BCUT2D eigenvalue weighted by Crippen LogP contribution is -2.24. The molecule has 0 radical (unpaired) electrons. The molecule has 0 heterocycles. The van der Waals surface area contributed by atoms with Crippen LogP contribution in [0.1, 0.15) is 37.7 Å². The number of thioether (sulfide) groups is 1. The number of rotatable bonds is 10. The Balaban J connectivity index is 2.01. The molecule has 1 amide bonds. The van der Waals surface area contributed by atoms with E-state index < -0.39 is 0 Å². The number of nitrogens with one attached hydrogen (secondary N) is 1. The van der Waals surface area contributed by atoms with Crippen LogP contribution in [0.15, 0.2) is 29.2 Å². The minimum absolute atomic E-state index is 0.131. The molecule has 1 aromatic rings. The maximum absolute atomic E-state index is 11.6. The molecule has 0 fully saturated rings. The lowest BCUT2D eigenvalue weighted by Gasteiger charge is -2.05. The van der Waals surface area contributed by atoms with E-state index in [0.717, 1.165) is 38.0 Å². The van der Waals surface area contributed by atoms with E-state index in [2.05, 4.69) is 36.5 Å². The van der Waals surface area contributed by atoms with Crippen LogP contribution in [0.5, 0.6) is 0 Å². The van der Waals surface area contributed by atoms with Gasteiger partial charge in [-0.2, -0.15) is 0 Å². The van der Waals surface area contributed by atoms with Crippen molar-refractivity contribution in [3.63, 3.8) is 0 Å². The fourth-order valence-corrected chi connectivity index (χ4v) is 2.65. The molecular weight excluding hydrogens is 270 g/mol. The van der Waals surface area contributed by atoms with Gasteiger partial charge in [-0.05, 0) is 31.9 Å². The van der Waals surface area contributed by atoms with Crippen LogP contribution < -0.4 is 5.32 Å². The van der Waals surface area contributed by atoms with Crippen LogP contribution in [-0.2, 0) is 4.79 Å². The fraction of sp³-hybridized carbons (Fsp3) is 0.562. The minimum atomic E-state index is 0.131. The summed E-state index contributed by atoms with van der Waals surface area (Å²) in [6.07, 6.45) is 4.53. The molecule has 0 atom stereocenters. The fourth-order valence-electron chi connectivity index (χ4n) is 1.80. The lowest BCUT2D eigenvalue weighted by atomic mass is 10.2. The van der Waals surface area contributed by atoms with Crippen LogP contribution in [0.25, 0.3) is 0 Å². The van der Waals surface area contributed by atoms with Crippen molar-refractivity contribution >= 4 is 17.7 Å². The molecule has 0 spiro atoms. The normalized spacial score (nSPS) is 10.5. The van der Waals surface area contributed by atoms with Gasteiger partial charge < -0.3 is 10.4 Å². The molecule has 0 aliphatic rings. The Morgan fingerprint density at radius 2 is 1.85 bits per heavy atom. The van der Waals surface area contributed by atoms with E-state index in [0.29, 0.717) is 6.42 Å². The summed E-state index contributed by atoms with van der Waals surface area (Å²) < 4.78 is 0. The molecule has 4 heteroatoms. The van der Waals surface area contributed by atoms with Crippen LogP contribution >= 0.6 is 11.8 Å². The quantitative estimate of drug-likeness (QED) is 0.515. The second-order valence-electron chi connectivity index (χ2n) is 4.90. The van der Waals surface area contributed by atoms with Crippen molar-refractivity contribution in [2.75, 3.05) is 18.9 Å². The predicted octanol–water partition coefficient (Wildman–Crippen LogP) is 3.15. The van der Waals surface area contributed by atoms with Gasteiger partial charge in [-0.25, -0.2) is 0 Å². The number of carbonyl (C=O) groups excluding carboxylic acids is 1. The van der Waals surface area contributed by atoms with E-state index in [4.69, 9.17) is 5.11 Å². The van der Waals surface area contributed by atoms with E-state index in [-0.39, 0.29) is 12.5 Å². The number of unbranched alkanes of at least 4 members (excludes halogenated alkanes) is 3. The van der Waals surface area contributed by atoms with Crippen molar-refractivity contribution in [3.05, 3.63) is 29.8 Å². The van der Waals surface area contributed by atoms with Crippen molar-refractivity contribution in [1.29, 1.82) is 0 Å². The maximum Gasteiger partial charge on any atom is 0.220 e. The number of hydrogen-bond acceptors (Lipinski definition) is 3. The maximum atomic E-state index is 11.6. The van der Waals surface area contributed by atoms with Crippen molar-refractivity contribution in [3.8, 4) is 0 Å². The highest BCUT2D eigenvalue weighted by Gasteiger charge is 2.01. The standard InChI is InChI=1S/C16H25NO2S/c1-14-6-8-15(9-7-14)20-13-10-16(19)17-11-4-2-3-5-12-18/h6-9,18H,2-5,10-13H2,1H3,(H,17,19). The molecule has 0 aromatic heterocycles. The van der Waals surface area contributed by atoms with E-state index in [9.17, 15) is 4.79 Å². The molecule has 3 nitrogen and oxygen atoms in total. The first-order chi connectivity index (χ1) is 9.72. The molecular formula is C16H25NO2S. The van der Waals surface area contributed by atoms with Gasteiger partial charge in [0.05, 0.1) is 0 Å². The van der Waals surface area contributed by atoms with Gasteiger partial charge in [-0.15, -0.1) is 11.8 Å². The van der Waals surface area contributed by atoms with Crippen LogP contribution in [0.3, 0.4) is 0 Å². The zero-order chi connectivity index (χ0) is 14.6. The molecule has 2 N–H and O–H groups in total. The zero-order valence-electron chi connectivity index (χ0n) is 12.2. The molecule has 0 aliphatic carbocycles. The number of aryl methyl sites for hydroxylation is 1. The minimum Gasteiger partial charge on any atom is -0.396 e. The Morgan fingerprint density at radius 3 is 2.55 bits per heavy atom.